The van der Waals surface area contributed by atoms with Gasteiger partial charge in [-0.3, -0.25) is 0 Å². The number of fused-ring (bicyclic) bond motifs is 6. The third-order valence-corrected chi connectivity index (χ3v) is 10.1. The Labute approximate surface area is 217 Å². The molecule has 0 aliphatic heterocycles. The molecular weight excluding hydrogens is 434 g/mol. The quantitative estimate of drug-likeness (QED) is 0.440. The van der Waals surface area contributed by atoms with Gasteiger partial charge in [0.1, 0.15) is 0 Å². The van der Waals surface area contributed by atoms with Crippen molar-refractivity contribution in [1.82, 2.24) is 5.32 Å². The Kier molecular flexibility index (Phi) is 5.38. The predicted molar refractivity (Wildman–Crippen MR) is 152 cm³/mol. The zero-order valence-corrected chi connectivity index (χ0v) is 21.8. The van der Waals surface area contributed by atoms with Crippen LogP contribution in [0.5, 0.6) is 0 Å². The van der Waals surface area contributed by atoms with E-state index in [0.29, 0.717) is 23.3 Å². The molecule has 1 saturated carbocycles. The van der Waals surface area contributed by atoms with Crippen molar-refractivity contribution < 1.29 is 0 Å². The summed E-state index contributed by atoms with van der Waals surface area (Å²) in [6, 6.07) is 16.7. The monoisotopic (exact) mass is 473 g/mol. The molecule has 5 aliphatic rings. The summed E-state index contributed by atoms with van der Waals surface area (Å²) in [6.45, 7) is 5.00. The molecule has 0 radical (unpaired) electrons. The van der Waals surface area contributed by atoms with Gasteiger partial charge in [0.05, 0.1) is 0 Å². The maximum Gasteiger partial charge on any atom is 0.0479 e. The second kappa shape index (κ2) is 8.65. The highest BCUT2D eigenvalue weighted by Gasteiger charge is 2.46. The van der Waals surface area contributed by atoms with Crippen LogP contribution in [0.3, 0.4) is 0 Å². The fraction of sp³-hybridized carbons (Fsp3) is 0.429. The zero-order chi connectivity index (χ0) is 24.3. The molecule has 36 heavy (non-hydrogen) atoms. The van der Waals surface area contributed by atoms with E-state index >= 15 is 0 Å². The highest BCUT2D eigenvalue weighted by molar-refractivity contribution is 5.76. The van der Waals surface area contributed by atoms with Gasteiger partial charge in [0.25, 0.3) is 0 Å². The highest BCUT2D eigenvalue weighted by Crippen LogP contribution is 2.56. The maximum absolute atomic E-state index is 3.95. The average molecular weight is 474 g/mol. The lowest BCUT2D eigenvalue weighted by molar-refractivity contribution is 0.233. The SMILES string of the molecule is CC1(C)c2cc(C3=CCC(NC4=Cc5ccccc5C5C=CCCC45)C=C3)ccc2C2CCCCC21. The van der Waals surface area contributed by atoms with Gasteiger partial charge in [-0.25, -0.2) is 0 Å². The topological polar surface area (TPSA) is 12.0 Å². The summed E-state index contributed by atoms with van der Waals surface area (Å²) in [5, 5.41) is 3.95. The lowest BCUT2D eigenvalue weighted by Crippen LogP contribution is -2.34. The lowest BCUT2D eigenvalue weighted by atomic mass is 9.70. The van der Waals surface area contributed by atoms with Crippen LogP contribution in [-0.2, 0) is 5.41 Å². The van der Waals surface area contributed by atoms with Crippen LogP contribution in [0.25, 0.3) is 11.6 Å². The molecule has 5 unspecified atom stereocenters. The number of benzene rings is 2. The Morgan fingerprint density at radius 1 is 0.889 bits per heavy atom. The van der Waals surface area contributed by atoms with Crippen LogP contribution in [0.2, 0.25) is 0 Å². The number of hydrogen-bond donors (Lipinski definition) is 1. The number of hydrogen-bond acceptors (Lipinski definition) is 1. The fourth-order valence-corrected chi connectivity index (χ4v) is 8.21. The molecule has 7 rings (SSSR count). The van der Waals surface area contributed by atoms with Gasteiger partial charge in [-0.2, -0.15) is 0 Å². The van der Waals surface area contributed by atoms with Gasteiger partial charge < -0.3 is 5.32 Å². The van der Waals surface area contributed by atoms with E-state index in [2.05, 4.69) is 98.1 Å². The molecule has 0 aromatic heterocycles. The molecular formula is C35H39N. The van der Waals surface area contributed by atoms with Crippen molar-refractivity contribution in [3.05, 3.63) is 106 Å². The van der Waals surface area contributed by atoms with Crippen LogP contribution < -0.4 is 5.32 Å². The normalized spacial score (nSPS) is 31.4. The molecule has 0 bridgehead atoms. The summed E-state index contributed by atoms with van der Waals surface area (Å²) in [5.74, 6) is 2.70. The van der Waals surface area contributed by atoms with Gasteiger partial charge in [-0.05, 0) is 88.8 Å². The summed E-state index contributed by atoms with van der Waals surface area (Å²) in [7, 11) is 0. The molecule has 1 fully saturated rings. The standard InChI is InChI=1S/C35H39N/c1-35(2)32-14-8-7-12-29(32)30-20-17-24(21-33(30)35)23-15-18-26(19-16-23)36-34-22-25-9-3-4-10-27(25)28-11-5-6-13-31(28)34/h3-5,9-11,15-18,20-22,26,28-29,31-32,36H,6-8,12-14,19H2,1-2H3. The van der Waals surface area contributed by atoms with E-state index in [-0.39, 0.29) is 0 Å². The van der Waals surface area contributed by atoms with E-state index in [1.54, 1.807) is 11.1 Å². The van der Waals surface area contributed by atoms with Gasteiger partial charge in [-0.1, -0.05) is 99.5 Å². The van der Waals surface area contributed by atoms with Crippen LogP contribution in [-0.4, -0.2) is 6.04 Å². The highest BCUT2D eigenvalue weighted by atomic mass is 14.9. The van der Waals surface area contributed by atoms with Crippen molar-refractivity contribution in [2.75, 3.05) is 0 Å². The minimum Gasteiger partial charge on any atom is -0.382 e. The van der Waals surface area contributed by atoms with Crippen molar-refractivity contribution in [1.29, 1.82) is 0 Å². The van der Waals surface area contributed by atoms with Crippen molar-refractivity contribution in [2.24, 2.45) is 11.8 Å². The number of nitrogens with one attached hydrogen (secondary N) is 1. The Morgan fingerprint density at radius 3 is 2.67 bits per heavy atom. The van der Waals surface area contributed by atoms with Gasteiger partial charge in [0.2, 0.25) is 0 Å². The van der Waals surface area contributed by atoms with Crippen molar-refractivity contribution in [2.45, 2.75) is 82.1 Å². The second-order valence-corrected chi connectivity index (χ2v) is 12.4. The van der Waals surface area contributed by atoms with E-state index in [1.165, 1.54) is 66.5 Å². The van der Waals surface area contributed by atoms with Gasteiger partial charge >= 0.3 is 0 Å². The van der Waals surface area contributed by atoms with Gasteiger partial charge in [-0.15, -0.1) is 0 Å². The maximum atomic E-state index is 3.95. The largest absolute Gasteiger partial charge is 0.382 e. The zero-order valence-electron chi connectivity index (χ0n) is 21.8. The molecule has 0 spiro atoms. The van der Waals surface area contributed by atoms with E-state index in [1.807, 2.05) is 0 Å². The molecule has 0 saturated heterocycles. The predicted octanol–water partition coefficient (Wildman–Crippen LogP) is 8.66. The molecule has 0 amide bonds. The van der Waals surface area contributed by atoms with E-state index in [9.17, 15) is 0 Å². The first-order chi connectivity index (χ1) is 17.6. The second-order valence-electron chi connectivity index (χ2n) is 12.4. The molecule has 2 aromatic rings. The summed E-state index contributed by atoms with van der Waals surface area (Å²) >= 11 is 0. The average Bonchev–Trinajstić information content (AvgIpc) is 3.15. The lowest BCUT2D eigenvalue weighted by Gasteiger charge is -2.37. The molecule has 5 atom stereocenters. The minimum absolute atomic E-state index is 0.300. The molecule has 1 heteroatoms. The van der Waals surface area contributed by atoms with Gasteiger partial charge in [0.15, 0.2) is 0 Å². The molecule has 2 aromatic carbocycles. The number of rotatable bonds is 3. The van der Waals surface area contributed by atoms with Gasteiger partial charge in [0, 0.05) is 23.6 Å². The van der Waals surface area contributed by atoms with Crippen molar-refractivity contribution in [3.8, 4) is 0 Å². The molecule has 0 heterocycles. The van der Waals surface area contributed by atoms with Crippen molar-refractivity contribution >= 4 is 11.6 Å². The summed E-state index contributed by atoms with van der Waals surface area (Å²) in [6.07, 6.45) is 23.5. The van der Waals surface area contributed by atoms with Crippen LogP contribution >= 0.6 is 0 Å². The third kappa shape index (κ3) is 3.58. The summed E-state index contributed by atoms with van der Waals surface area (Å²) < 4.78 is 0. The molecule has 1 N–H and O–H groups in total. The van der Waals surface area contributed by atoms with E-state index in [4.69, 9.17) is 0 Å². The first-order valence-corrected chi connectivity index (χ1v) is 14.4. The summed E-state index contributed by atoms with van der Waals surface area (Å²) in [4.78, 5) is 0. The number of allylic oxidation sites excluding steroid dienone is 5. The first-order valence-electron chi connectivity index (χ1n) is 14.4. The van der Waals surface area contributed by atoms with Crippen LogP contribution in [0.1, 0.15) is 98.4 Å². The molecule has 5 aliphatic carbocycles. The Bertz CT molecular complexity index is 1300. The van der Waals surface area contributed by atoms with Crippen LogP contribution in [0.15, 0.2) is 78.5 Å². The van der Waals surface area contributed by atoms with E-state index in [0.717, 1.165) is 18.3 Å². The van der Waals surface area contributed by atoms with Crippen molar-refractivity contribution in [3.63, 3.8) is 0 Å². The minimum atomic E-state index is 0.300. The smallest absolute Gasteiger partial charge is 0.0479 e. The molecule has 1 nitrogen and oxygen atoms in total. The summed E-state index contributed by atoms with van der Waals surface area (Å²) in [5.41, 5.74) is 10.7. The Hall–Kier alpha value is -2.80. The third-order valence-electron chi connectivity index (χ3n) is 10.1. The Balaban J connectivity index is 1.11. The van der Waals surface area contributed by atoms with Crippen LogP contribution in [0.4, 0.5) is 0 Å². The van der Waals surface area contributed by atoms with Crippen LogP contribution in [0, 0.1) is 11.8 Å². The fourth-order valence-electron chi connectivity index (χ4n) is 8.21. The molecule has 184 valence electrons. The van der Waals surface area contributed by atoms with E-state index < -0.39 is 0 Å². The Morgan fingerprint density at radius 2 is 1.78 bits per heavy atom. The first kappa shape index (κ1) is 22.4.